The predicted octanol–water partition coefficient (Wildman–Crippen LogP) is 3.10. The van der Waals surface area contributed by atoms with Gasteiger partial charge in [-0.1, -0.05) is 6.07 Å². The van der Waals surface area contributed by atoms with Gasteiger partial charge in [0.1, 0.15) is 0 Å². The first-order valence-electron chi connectivity index (χ1n) is 5.76. The molecule has 2 heteroatoms. The van der Waals surface area contributed by atoms with Crippen LogP contribution in [0.2, 0.25) is 0 Å². The summed E-state index contributed by atoms with van der Waals surface area (Å²) >= 11 is 0. The molecule has 0 atom stereocenters. The minimum Gasteiger partial charge on any atom is -0.389 e. The molecule has 0 aliphatic heterocycles. The predicted molar refractivity (Wildman–Crippen MR) is 70.2 cm³/mol. The fourth-order valence-corrected chi connectivity index (χ4v) is 1.79. The molecule has 0 bridgehead atoms. The van der Waals surface area contributed by atoms with E-state index >= 15 is 0 Å². The lowest BCUT2D eigenvalue weighted by Crippen LogP contribution is -2.29. The molecule has 2 N–H and O–H groups in total. The molecule has 16 heavy (non-hydrogen) atoms. The molecule has 1 aromatic rings. The first-order valence-corrected chi connectivity index (χ1v) is 5.76. The van der Waals surface area contributed by atoms with Crippen LogP contribution in [0.3, 0.4) is 0 Å². The van der Waals surface area contributed by atoms with Crippen molar-refractivity contribution in [3.8, 4) is 0 Å². The normalized spacial score (nSPS) is 11.7. The summed E-state index contributed by atoms with van der Waals surface area (Å²) in [5.41, 5.74) is 5.61. The van der Waals surface area contributed by atoms with E-state index in [1.54, 1.807) is 0 Å². The van der Waals surface area contributed by atoms with E-state index in [1.165, 1.54) is 27.9 Å². The highest BCUT2D eigenvalue weighted by atomic mass is 16.3. The number of rotatable bonds is 3. The average Bonchev–Trinajstić information content (AvgIpc) is 2.13. The highest BCUT2D eigenvalue weighted by molar-refractivity contribution is 5.62. The largest absolute Gasteiger partial charge is 0.389 e. The fraction of sp³-hybridized carbons (Fsp3) is 0.571. The average molecular weight is 221 g/mol. The molecular weight excluding hydrogens is 198 g/mol. The van der Waals surface area contributed by atoms with Crippen LogP contribution in [0.25, 0.3) is 0 Å². The van der Waals surface area contributed by atoms with Crippen molar-refractivity contribution < 1.29 is 5.11 Å². The third-order valence-corrected chi connectivity index (χ3v) is 3.06. The van der Waals surface area contributed by atoms with Gasteiger partial charge in [0.25, 0.3) is 0 Å². The maximum atomic E-state index is 9.74. The second-order valence-electron chi connectivity index (χ2n) is 5.30. The van der Waals surface area contributed by atoms with Gasteiger partial charge < -0.3 is 10.4 Å². The first kappa shape index (κ1) is 13.0. The van der Waals surface area contributed by atoms with Crippen molar-refractivity contribution in [2.45, 2.75) is 47.1 Å². The topological polar surface area (TPSA) is 32.3 Å². The summed E-state index contributed by atoms with van der Waals surface area (Å²) in [4.78, 5) is 0. The van der Waals surface area contributed by atoms with E-state index in [1.807, 2.05) is 13.8 Å². The molecule has 2 nitrogen and oxygen atoms in total. The van der Waals surface area contributed by atoms with E-state index in [9.17, 15) is 5.11 Å². The number of benzene rings is 1. The van der Waals surface area contributed by atoms with E-state index in [0.717, 1.165) is 0 Å². The van der Waals surface area contributed by atoms with Crippen LogP contribution >= 0.6 is 0 Å². The summed E-state index contributed by atoms with van der Waals surface area (Å²) in [6, 6.07) is 2.21. The zero-order valence-corrected chi connectivity index (χ0v) is 11.2. The van der Waals surface area contributed by atoms with Crippen LogP contribution in [-0.2, 0) is 0 Å². The lowest BCUT2D eigenvalue weighted by atomic mass is 9.98. The molecule has 0 saturated carbocycles. The Balaban J connectivity index is 3.04. The first-order chi connectivity index (χ1) is 7.22. The monoisotopic (exact) mass is 221 g/mol. The van der Waals surface area contributed by atoms with Crippen LogP contribution in [0.1, 0.15) is 36.1 Å². The minimum absolute atomic E-state index is 0.567. The molecular formula is C14H23NO. The van der Waals surface area contributed by atoms with Crippen molar-refractivity contribution in [3.63, 3.8) is 0 Å². The minimum atomic E-state index is -0.684. The Labute approximate surface area is 98.7 Å². The lowest BCUT2D eigenvalue weighted by Gasteiger charge is -2.22. The molecule has 0 amide bonds. The third kappa shape index (κ3) is 2.99. The number of hydrogen-bond donors (Lipinski definition) is 2. The maximum absolute atomic E-state index is 9.74. The van der Waals surface area contributed by atoms with Crippen LogP contribution in [0.5, 0.6) is 0 Å². The van der Waals surface area contributed by atoms with E-state index in [2.05, 4.69) is 39.1 Å². The molecule has 0 aliphatic rings. The van der Waals surface area contributed by atoms with Gasteiger partial charge in [-0.2, -0.15) is 0 Å². The molecule has 1 rings (SSSR count). The van der Waals surface area contributed by atoms with E-state index in [-0.39, 0.29) is 0 Å². The van der Waals surface area contributed by atoms with Gasteiger partial charge in [-0.05, 0) is 63.8 Å². The van der Waals surface area contributed by atoms with E-state index < -0.39 is 5.60 Å². The molecule has 1 aromatic carbocycles. The van der Waals surface area contributed by atoms with Crippen molar-refractivity contribution in [3.05, 3.63) is 28.3 Å². The van der Waals surface area contributed by atoms with Gasteiger partial charge in [0.15, 0.2) is 0 Å². The van der Waals surface area contributed by atoms with Crippen molar-refractivity contribution in [2.75, 3.05) is 11.9 Å². The second-order valence-corrected chi connectivity index (χ2v) is 5.30. The lowest BCUT2D eigenvalue weighted by molar-refractivity contribution is 0.0945. The third-order valence-electron chi connectivity index (χ3n) is 3.06. The summed E-state index contributed by atoms with van der Waals surface area (Å²) in [6.07, 6.45) is 0. The van der Waals surface area contributed by atoms with Gasteiger partial charge in [-0.15, -0.1) is 0 Å². The Morgan fingerprint density at radius 3 is 1.88 bits per heavy atom. The zero-order chi connectivity index (χ0) is 12.5. The SMILES string of the molecule is Cc1cc(C)c(C)c(NCC(C)(C)O)c1C. The second kappa shape index (κ2) is 4.46. The Hall–Kier alpha value is -1.02. The molecule has 90 valence electrons. The Bertz CT molecular complexity index is 362. The van der Waals surface area contributed by atoms with Gasteiger partial charge in [-0.3, -0.25) is 0 Å². The van der Waals surface area contributed by atoms with E-state index in [4.69, 9.17) is 0 Å². The summed E-state index contributed by atoms with van der Waals surface area (Å²) in [5.74, 6) is 0. The number of anilines is 1. The van der Waals surface area contributed by atoms with Crippen LogP contribution < -0.4 is 5.32 Å². The Kier molecular flexibility index (Phi) is 3.64. The number of aryl methyl sites for hydroxylation is 2. The highest BCUT2D eigenvalue weighted by Crippen LogP contribution is 2.26. The smallest absolute Gasteiger partial charge is 0.0763 e. The van der Waals surface area contributed by atoms with Crippen molar-refractivity contribution in [1.29, 1.82) is 0 Å². The Morgan fingerprint density at radius 1 is 1.06 bits per heavy atom. The number of aliphatic hydroxyl groups is 1. The zero-order valence-electron chi connectivity index (χ0n) is 11.2. The Morgan fingerprint density at radius 2 is 1.50 bits per heavy atom. The van der Waals surface area contributed by atoms with Crippen molar-refractivity contribution in [2.24, 2.45) is 0 Å². The number of hydrogen-bond acceptors (Lipinski definition) is 2. The summed E-state index contributed by atoms with van der Waals surface area (Å²) in [5, 5.41) is 13.1. The van der Waals surface area contributed by atoms with Gasteiger partial charge in [0, 0.05) is 12.2 Å². The molecule has 0 unspecified atom stereocenters. The quantitative estimate of drug-likeness (QED) is 0.822. The van der Waals surface area contributed by atoms with E-state index in [0.29, 0.717) is 6.54 Å². The molecule has 0 aliphatic carbocycles. The van der Waals surface area contributed by atoms with Gasteiger partial charge in [0.05, 0.1) is 5.60 Å². The van der Waals surface area contributed by atoms with Gasteiger partial charge in [0.2, 0.25) is 0 Å². The van der Waals surface area contributed by atoms with Crippen LogP contribution in [0.15, 0.2) is 6.07 Å². The van der Waals surface area contributed by atoms with Crippen LogP contribution in [-0.4, -0.2) is 17.3 Å². The summed E-state index contributed by atoms with van der Waals surface area (Å²) in [6.45, 7) is 12.7. The van der Waals surface area contributed by atoms with Crippen molar-refractivity contribution in [1.82, 2.24) is 0 Å². The van der Waals surface area contributed by atoms with Crippen LogP contribution in [0.4, 0.5) is 5.69 Å². The molecule has 0 radical (unpaired) electrons. The molecule has 0 saturated heterocycles. The fourth-order valence-electron chi connectivity index (χ4n) is 1.79. The van der Waals surface area contributed by atoms with Crippen LogP contribution in [0, 0.1) is 27.7 Å². The summed E-state index contributed by atoms with van der Waals surface area (Å²) in [7, 11) is 0. The molecule has 0 spiro atoms. The van der Waals surface area contributed by atoms with Gasteiger partial charge >= 0.3 is 0 Å². The summed E-state index contributed by atoms with van der Waals surface area (Å²) < 4.78 is 0. The maximum Gasteiger partial charge on any atom is 0.0763 e. The van der Waals surface area contributed by atoms with Gasteiger partial charge in [-0.25, -0.2) is 0 Å². The van der Waals surface area contributed by atoms with Crippen molar-refractivity contribution >= 4 is 5.69 Å². The molecule has 0 heterocycles. The molecule has 0 aromatic heterocycles. The highest BCUT2D eigenvalue weighted by Gasteiger charge is 2.14. The molecule has 0 fully saturated rings. The number of nitrogens with one attached hydrogen (secondary N) is 1. The standard InChI is InChI=1S/C14H23NO/c1-9-7-10(2)12(4)13(11(9)3)15-8-14(5,6)16/h7,15-16H,8H2,1-6H3.